The van der Waals surface area contributed by atoms with Crippen molar-refractivity contribution < 1.29 is 64.5 Å². The average molecular weight is 780 g/mol. The molecule has 0 N–H and O–H groups in total. The summed E-state index contributed by atoms with van der Waals surface area (Å²) in [7, 11) is 0. The van der Waals surface area contributed by atoms with Gasteiger partial charge in [0.15, 0.2) is 17.7 Å². The number of ether oxygens (including phenoxy) is 6. The van der Waals surface area contributed by atoms with Crippen molar-refractivity contribution in [2.45, 2.75) is 152 Å². The van der Waals surface area contributed by atoms with Gasteiger partial charge in [-0.15, -0.1) is 6.58 Å². The summed E-state index contributed by atoms with van der Waals surface area (Å²) >= 11 is 0. The van der Waals surface area contributed by atoms with Crippen LogP contribution < -0.4 is 0 Å². The van der Waals surface area contributed by atoms with Gasteiger partial charge in [0.1, 0.15) is 5.60 Å². The van der Waals surface area contributed by atoms with Gasteiger partial charge in [-0.25, -0.2) is 9.78 Å². The number of rotatable bonds is 10. The second kappa shape index (κ2) is 13.3. The third-order valence-electron chi connectivity index (χ3n) is 14.6. The van der Waals surface area contributed by atoms with Crippen LogP contribution in [0.3, 0.4) is 0 Å². The molecule has 15 heteroatoms. The van der Waals surface area contributed by atoms with Gasteiger partial charge in [-0.3, -0.25) is 4.90 Å². The van der Waals surface area contributed by atoms with Crippen LogP contribution in [0.1, 0.15) is 98.8 Å². The lowest BCUT2D eigenvalue weighted by atomic mass is 9.57. The van der Waals surface area contributed by atoms with Crippen molar-refractivity contribution in [3.8, 4) is 0 Å². The number of nitrogens with zero attached hydrogens (tertiary/aromatic N) is 1. The summed E-state index contributed by atoms with van der Waals surface area (Å²) in [5, 5.41) is 0. The fraction of sp³-hybridized carbons (Fsp3) is 0.897. The summed E-state index contributed by atoms with van der Waals surface area (Å²) in [4.78, 5) is 13.6. The molecule has 54 heavy (non-hydrogen) atoms. The third kappa shape index (κ3) is 5.86. The molecule has 2 aliphatic carbocycles. The van der Waals surface area contributed by atoms with E-state index in [1.54, 1.807) is 19.9 Å². The van der Waals surface area contributed by atoms with E-state index < -0.39 is 77.0 Å². The van der Waals surface area contributed by atoms with Crippen molar-refractivity contribution in [2.75, 3.05) is 26.2 Å². The van der Waals surface area contributed by atoms with Crippen LogP contribution in [0.15, 0.2) is 24.0 Å². The highest BCUT2D eigenvalue weighted by molar-refractivity contribution is 5.30. The van der Waals surface area contributed by atoms with Crippen molar-refractivity contribution >= 4 is 0 Å². The first-order valence-electron chi connectivity index (χ1n) is 19.9. The summed E-state index contributed by atoms with van der Waals surface area (Å²) in [5.74, 6) is -8.26. The number of alkyl halides is 6. The Morgan fingerprint density at radius 2 is 1.46 bits per heavy atom. The molecule has 9 nitrogen and oxygen atoms in total. The maximum atomic E-state index is 15.3. The van der Waals surface area contributed by atoms with Gasteiger partial charge in [0, 0.05) is 43.7 Å². The Labute approximate surface area is 313 Å². The normalized spacial score (nSPS) is 48.3. The SMILES string of the molecule is C=CCN(CCCCO[C@@]1(C(F)(F)F)O[C@@H]2O[C@]3(C)CCC4[C@H](C)CC[C@@H]([C@H]1C)[C@]42OO3)CC1=C(C(F)(F)F)O[C@@H]2O[C@]3(C)CCC4[C@H](C)CC[C@@H]1[C@]42O3. The molecule has 306 valence electrons. The summed E-state index contributed by atoms with van der Waals surface area (Å²) < 4.78 is 127. The van der Waals surface area contributed by atoms with E-state index in [-0.39, 0.29) is 61.9 Å². The van der Waals surface area contributed by atoms with Crippen LogP contribution >= 0.6 is 0 Å². The Morgan fingerprint density at radius 1 is 0.796 bits per heavy atom. The molecule has 2 spiro atoms. The van der Waals surface area contributed by atoms with Gasteiger partial charge in [0.05, 0.1) is 6.61 Å². The maximum Gasteiger partial charge on any atom is 0.449 e. The van der Waals surface area contributed by atoms with E-state index >= 15 is 13.2 Å². The molecule has 0 aromatic heterocycles. The quantitative estimate of drug-likeness (QED) is 0.0939. The topological polar surface area (TPSA) is 77.1 Å². The molecule has 0 amide bonds. The van der Waals surface area contributed by atoms with Gasteiger partial charge in [0.2, 0.25) is 17.8 Å². The second-order valence-corrected chi connectivity index (χ2v) is 17.8. The summed E-state index contributed by atoms with van der Waals surface area (Å²) in [6, 6.07) is 0. The molecule has 9 rings (SSSR count). The van der Waals surface area contributed by atoms with Crippen LogP contribution in [-0.4, -0.2) is 84.6 Å². The highest BCUT2D eigenvalue weighted by atomic mass is 19.4. The molecule has 4 bridgehead atoms. The molecule has 8 fully saturated rings. The number of unbranched alkanes of at least 4 members (excludes halogenated alkanes) is 1. The van der Waals surface area contributed by atoms with Gasteiger partial charge in [-0.1, -0.05) is 26.8 Å². The molecular formula is C39H55F6NO8. The zero-order valence-corrected chi connectivity index (χ0v) is 31.9. The number of allylic oxidation sites excluding steroid dienone is 1. The molecule has 0 aromatic rings. The summed E-state index contributed by atoms with van der Waals surface area (Å²) in [5.41, 5.74) is -2.07. The first kappa shape index (κ1) is 39.4. The fourth-order valence-corrected chi connectivity index (χ4v) is 12.0. The van der Waals surface area contributed by atoms with Crippen LogP contribution in [0.2, 0.25) is 0 Å². The monoisotopic (exact) mass is 779 g/mol. The number of halogens is 6. The highest BCUT2D eigenvalue weighted by Gasteiger charge is 2.77. The van der Waals surface area contributed by atoms with Crippen molar-refractivity contribution in [1.82, 2.24) is 4.90 Å². The molecule has 9 aliphatic rings. The molecule has 14 atom stereocenters. The molecule has 0 radical (unpaired) electrons. The lowest BCUT2D eigenvalue weighted by molar-refractivity contribution is -0.598. The molecule has 7 heterocycles. The predicted octanol–water partition coefficient (Wildman–Crippen LogP) is 8.54. The van der Waals surface area contributed by atoms with Gasteiger partial charge in [0.25, 0.3) is 5.79 Å². The van der Waals surface area contributed by atoms with E-state index in [1.807, 2.05) is 4.90 Å². The van der Waals surface area contributed by atoms with Crippen molar-refractivity contribution in [3.63, 3.8) is 0 Å². The number of hydrogen-bond donors (Lipinski definition) is 0. The minimum Gasteiger partial charge on any atom is -0.456 e. The van der Waals surface area contributed by atoms with Gasteiger partial charge >= 0.3 is 12.4 Å². The third-order valence-corrected chi connectivity index (χ3v) is 14.6. The Hall–Kier alpha value is -1.46. The lowest BCUT2D eigenvalue weighted by Crippen LogP contribution is -2.76. The Balaban J connectivity index is 0.983. The lowest BCUT2D eigenvalue weighted by Gasteiger charge is -2.62. The Morgan fingerprint density at radius 3 is 2.15 bits per heavy atom. The van der Waals surface area contributed by atoms with Crippen LogP contribution in [0, 0.1) is 41.4 Å². The molecule has 7 aliphatic heterocycles. The van der Waals surface area contributed by atoms with Gasteiger partial charge in [-0.2, -0.15) is 26.3 Å². The maximum absolute atomic E-state index is 15.3. The van der Waals surface area contributed by atoms with E-state index in [0.29, 0.717) is 38.5 Å². The van der Waals surface area contributed by atoms with E-state index in [2.05, 4.69) is 20.4 Å². The van der Waals surface area contributed by atoms with Crippen molar-refractivity contribution in [1.29, 1.82) is 0 Å². The zero-order valence-electron chi connectivity index (χ0n) is 31.9. The Kier molecular flexibility index (Phi) is 9.69. The molecule has 2 unspecified atom stereocenters. The minimum absolute atomic E-state index is 0.0183. The average Bonchev–Trinajstić information content (AvgIpc) is 3.15. The highest BCUT2D eigenvalue weighted by Crippen LogP contribution is 2.66. The van der Waals surface area contributed by atoms with E-state index in [9.17, 15) is 13.2 Å². The van der Waals surface area contributed by atoms with E-state index in [4.69, 9.17) is 38.2 Å². The second-order valence-electron chi connectivity index (χ2n) is 17.8. The largest absolute Gasteiger partial charge is 0.456 e. The zero-order chi connectivity index (χ0) is 38.7. The standard InChI is InChI=1S/C39H55F6NO8/c1-7-18-46(21-25-29-13-11-22(2)26-14-16-33(5)49-31(35(26,29)52-33)48-30(25)38(40,41)42)19-8-9-20-47-37(39(43,44)45)24(4)28-12-10-23(3)27-15-17-34(6)50-32(51-37)36(27,28)54-53-34/h7,22-24,26-29,31-32H,1,8-21H2,2-6H3/t22-,23-,24-,26?,27?,28+,29+,31-,32+,33+,34+,35-,36-,37-/m1/s1. The predicted molar refractivity (Wildman–Crippen MR) is 180 cm³/mol. The minimum atomic E-state index is -4.90. The van der Waals surface area contributed by atoms with Crippen LogP contribution in [-0.2, 0) is 38.2 Å². The molecule has 6 saturated heterocycles. The van der Waals surface area contributed by atoms with Gasteiger partial charge in [-0.05, 0) is 101 Å². The van der Waals surface area contributed by atoms with Crippen LogP contribution in [0.5, 0.6) is 0 Å². The summed E-state index contributed by atoms with van der Waals surface area (Å²) in [6.45, 7) is 13.2. The van der Waals surface area contributed by atoms with Crippen LogP contribution in [0.4, 0.5) is 26.3 Å². The van der Waals surface area contributed by atoms with E-state index in [1.165, 1.54) is 6.92 Å². The number of fused-ring (bicyclic) bond motifs is 3. The molecule has 2 saturated carbocycles. The fourth-order valence-electron chi connectivity index (χ4n) is 12.0. The Bertz CT molecular complexity index is 1500. The smallest absolute Gasteiger partial charge is 0.449 e. The van der Waals surface area contributed by atoms with Gasteiger partial charge < -0.3 is 28.4 Å². The summed E-state index contributed by atoms with van der Waals surface area (Å²) in [6.07, 6.45) is -5.03. The molecular weight excluding hydrogens is 724 g/mol. The first-order valence-corrected chi connectivity index (χ1v) is 19.9. The van der Waals surface area contributed by atoms with Crippen molar-refractivity contribution in [3.05, 3.63) is 24.0 Å². The van der Waals surface area contributed by atoms with E-state index in [0.717, 1.165) is 19.3 Å². The first-order chi connectivity index (χ1) is 25.3. The molecule has 0 aromatic carbocycles. The van der Waals surface area contributed by atoms with Crippen LogP contribution in [0.25, 0.3) is 0 Å². The number of hydrogen-bond acceptors (Lipinski definition) is 9. The van der Waals surface area contributed by atoms with Crippen molar-refractivity contribution in [2.24, 2.45) is 41.4 Å².